The second-order valence-electron chi connectivity index (χ2n) is 6.66. The van der Waals surface area contributed by atoms with E-state index >= 15 is 0 Å². The summed E-state index contributed by atoms with van der Waals surface area (Å²) in [6.07, 6.45) is 0. The molecule has 2 N–H and O–H groups in total. The molecule has 2 heterocycles. The molecule has 1 aromatic heterocycles. The molecule has 0 amide bonds. The summed E-state index contributed by atoms with van der Waals surface area (Å²) >= 11 is 0. The lowest BCUT2D eigenvalue weighted by atomic mass is 9.95. The zero-order valence-electron chi connectivity index (χ0n) is 15.2. The molecule has 0 bridgehead atoms. The Hall–Kier alpha value is -2.33. The lowest BCUT2D eigenvalue weighted by Crippen LogP contribution is -2.32. The Morgan fingerprint density at radius 2 is 1.82 bits per heavy atom. The van der Waals surface area contributed by atoms with Gasteiger partial charge in [-0.3, -0.25) is 0 Å². The van der Waals surface area contributed by atoms with Crippen molar-refractivity contribution in [3.63, 3.8) is 0 Å². The van der Waals surface area contributed by atoms with Gasteiger partial charge in [-0.1, -0.05) is 42.5 Å². The van der Waals surface area contributed by atoms with Crippen LogP contribution in [0.25, 0.3) is 11.4 Å². The molecular formula is C18H21ClN6O2S. The summed E-state index contributed by atoms with van der Waals surface area (Å²) in [6, 6.07) is 16.2. The van der Waals surface area contributed by atoms with E-state index in [1.165, 1.54) is 8.99 Å². The lowest BCUT2D eigenvalue weighted by Gasteiger charge is -2.17. The van der Waals surface area contributed by atoms with E-state index in [1.807, 2.05) is 30.3 Å². The van der Waals surface area contributed by atoms with Gasteiger partial charge in [-0.05, 0) is 28.1 Å². The third-order valence-corrected chi connectivity index (χ3v) is 6.74. The molecule has 4 rings (SSSR count). The van der Waals surface area contributed by atoms with E-state index in [1.54, 1.807) is 31.3 Å². The normalized spacial score (nSPS) is 20.1. The molecule has 148 valence electrons. The molecular weight excluding hydrogens is 400 g/mol. The van der Waals surface area contributed by atoms with Crippen molar-refractivity contribution in [3.8, 4) is 11.4 Å². The Balaban J connectivity index is 0.00000225. The maximum Gasteiger partial charge on any atom is 0.243 e. The molecule has 2 aromatic carbocycles. The monoisotopic (exact) mass is 420 g/mol. The van der Waals surface area contributed by atoms with E-state index in [2.05, 4.69) is 15.5 Å². The maximum absolute atomic E-state index is 13.2. The van der Waals surface area contributed by atoms with Crippen molar-refractivity contribution in [1.82, 2.24) is 24.5 Å². The van der Waals surface area contributed by atoms with Gasteiger partial charge in [-0.25, -0.2) is 13.1 Å². The molecule has 0 spiro atoms. The first-order chi connectivity index (χ1) is 13.0. The van der Waals surface area contributed by atoms with E-state index in [0.717, 1.165) is 5.56 Å². The van der Waals surface area contributed by atoms with Crippen LogP contribution >= 0.6 is 12.4 Å². The second-order valence-corrected chi connectivity index (χ2v) is 8.59. The highest BCUT2D eigenvalue weighted by Crippen LogP contribution is 2.31. The highest BCUT2D eigenvalue weighted by Gasteiger charge is 2.38. The van der Waals surface area contributed by atoms with Gasteiger partial charge in [0.15, 0.2) is 5.82 Å². The number of rotatable bonds is 4. The number of sulfonamides is 1. The SMILES string of the molecule is Cl.Cn1nnnc1-c1cccc(S(=O)(=O)N2C[C@@H](N)[C@H](c3ccccc3)C2)c1. The number of nitrogens with two attached hydrogens (primary N) is 1. The first kappa shape index (κ1) is 20.4. The Morgan fingerprint density at radius 3 is 2.50 bits per heavy atom. The van der Waals surface area contributed by atoms with Crippen LogP contribution in [0.15, 0.2) is 59.5 Å². The van der Waals surface area contributed by atoms with Gasteiger partial charge in [0.2, 0.25) is 10.0 Å². The molecule has 0 aliphatic carbocycles. The fraction of sp³-hybridized carbons (Fsp3) is 0.278. The summed E-state index contributed by atoms with van der Waals surface area (Å²) in [4.78, 5) is 0.212. The van der Waals surface area contributed by atoms with Gasteiger partial charge in [0.05, 0.1) is 4.90 Å². The lowest BCUT2D eigenvalue weighted by molar-refractivity contribution is 0.470. The van der Waals surface area contributed by atoms with E-state index < -0.39 is 10.0 Å². The largest absolute Gasteiger partial charge is 0.326 e. The average molecular weight is 421 g/mol. The summed E-state index contributed by atoms with van der Waals surface area (Å²) in [5.74, 6) is 0.486. The molecule has 28 heavy (non-hydrogen) atoms. The third-order valence-electron chi connectivity index (χ3n) is 4.91. The summed E-state index contributed by atoms with van der Waals surface area (Å²) < 4.78 is 29.3. The zero-order chi connectivity index (χ0) is 19.0. The van der Waals surface area contributed by atoms with Gasteiger partial charge in [0.25, 0.3) is 0 Å². The van der Waals surface area contributed by atoms with Gasteiger partial charge in [-0.2, -0.15) is 4.31 Å². The number of nitrogens with zero attached hydrogens (tertiary/aromatic N) is 5. The standard InChI is InChI=1S/C18H20N6O2S.ClH/c1-23-18(20-21-22-23)14-8-5-9-15(10-14)27(25,26)24-11-16(17(19)12-24)13-6-3-2-4-7-13;/h2-10,16-17H,11-12,19H2,1H3;1H/t16-,17+;/m0./s1. The first-order valence-corrected chi connectivity index (χ1v) is 10.0. The zero-order valence-corrected chi connectivity index (χ0v) is 16.8. The van der Waals surface area contributed by atoms with Gasteiger partial charge in [-0.15, -0.1) is 17.5 Å². The maximum atomic E-state index is 13.2. The van der Waals surface area contributed by atoms with Crippen LogP contribution in [0.5, 0.6) is 0 Å². The molecule has 1 aliphatic rings. The first-order valence-electron chi connectivity index (χ1n) is 8.60. The van der Waals surface area contributed by atoms with Crippen molar-refractivity contribution >= 4 is 22.4 Å². The summed E-state index contributed by atoms with van der Waals surface area (Å²) in [7, 11) is -1.95. The van der Waals surface area contributed by atoms with E-state index in [9.17, 15) is 8.42 Å². The minimum atomic E-state index is -3.66. The van der Waals surface area contributed by atoms with Crippen LogP contribution in [-0.4, -0.2) is 52.1 Å². The fourth-order valence-electron chi connectivity index (χ4n) is 3.46. The van der Waals surface area contributed by atoms with Crippen LogP contribution in [0, 0.1) is 0 Å². The van der Waals surface area contributed by atoms with E-state index in [4.69, 9.17) is 5.73 Å². The summed E-state index contributed by atoms with van der Waals surface area (Å²) in [5.41, 5.74) is 7.97. The second kappa shape index (κ2) is 7.96. The molecule has 0 unspecified atom stereocenters. The molecule has 0 radical (unpaired) electrons. The van der Waals surface area contributed by atoms with Crippen LogP contribution in [0.4, 0.5) is 0 Å². The minimum absolute atomic E-state index is 0. The molecule has 1 aliphatic heterocycles. The summed E-state index contributed by atoms with van der Waals surface area (Å²) in [6.45, 7) is 0.654. The molecule has 0 saturated carbocycles. The summed E-state index contributed by atoms with van der Waals surface area (Å²) in [5, 5.41) is 11.3. The smallest absolute Gasteiger partial charge is 0.243 e. The van der Waals surface area contributed by atoms with Crippen LogP contribution in [0.3, 0.4) is 0 Å². The number of aromatic nitrogens is 4. The van der Waals surface area contributed by atoms with Crippen molar-refractivity contribution in [2.75, 3.05) is 13.1 Å². The van der Waals surface area contributed by atoms with Crippen LogP contribution in [0.2, 0.25) is 0 Å². The predicted molar refractivity (Wildman–Crippen MR) is 107 cm³/mol. The van der Waals surface area contributed by atoms with E-state index in [0.29, 0.717) is 17.9 Å². The van der Waals surface area contributed by atoms with Gasteiger partial charge < -0.3 is 5.73 Å². The quantitative estimate of drug-likeness (QED) is 0.683. The number of hydrogen-bond acceptors (Lipinski definition) is 6. The van der Waals surface area contributed by atoms with Gasteiger partial charge in [0, 0.05) is 37.7 Å². The van der Waals surface area contributed by atoms with Crippen molar-refractivity contribution in [1.29, 1.82) is 0 Å². The number of halogens is 1. The van der Waals surface area contributed by atoms with Gasteiger partial charge in [0.1, 0.15) is 0 Å². The van der Waals surface area contributed by atoms with Crippen LogP contribution < -0.4 is 5.73 Å². The molecule has 1 fully saturated rings. The Bertz CT molecular complexity index is 1060. The molecule has 10 heteroatoms. The minimum Gasteiger partial charge on any atom is -0.326 e. The fourth-order valence-corrected chi connectivity index (χ4v) is 5.01. The van der Waals surface area contributed by atoms with Crippen LogP contribution in [0.1, 0.15) is 11.5 Å². The van der Waals surface area contributed by atoms with Crippen molar-refractivity contribution in [3.05, 3.63) is 60.2 Å². The third kappa shape index (κ3) is 3.66. The highest BCUT2D eigenvalue weighted by atomic mass is 35.5. The number of aryl methyl sites for hydroxylation is 1. The molecule has 3 aromatic rings. The Labute approximate surface area is 169 Å². The van der Waals surface area contributed by atoms with Gasteiger partial charge >= 0.3 is 0 Å². The Kier molecular flexibility index (Phi) is 5.80. The number of benzene rings is 2. The number of tetrazole rings is 1. The predicted octanol–water partition coefficient (Wildman–Crippen LogP) is 1.41. The van der Waals surface area contributed by atoms with Crippen molar-refractivity contribution in [2.45, 2.75) is 16.9 Å². The van der Waals surface area contributed by atoms with E-state index in [-0.39, 0.29) is 35.8 Å². The molecule has 2 atom stereocenters. The average Bonchev–Trinajstić information content (AvgIpc) is 3.28. The Morgan fingerprint density at radius 1 is 1.07 bits per heavy atom. The number of hydrogen-bond donors (Lipinski definition) is 1. The topological polar surface area (TPSA) is 107 Å². The van der Waals surface area contributed by atoms with Crippen molar-refractivity contribution < 1.29 is 8.42 Å². The molecule has 1 saturated heterocycles. The van der Waals surface area contributed by atoms with Crippen molar-refractivity contribution in [2.24, 2.45) is 12.8 Å². The van der Waals surface area contributed by atoms with Crippen LogP contribution in [-0.2, 0) is 17.1 Å². The highest BCUT2D eigenvalue weighted by molar-refractivity contribution is 7.89. The molecule has 8 nitrogen and oxygen atoms in total.